The number of nitrogens with zero attached hydrogens (tertiary/aromatic N) is 3. The van der Waals surface area contributed by atoms with E-state index in [1.807, 2.05) is 0 Å². The lowest BCUT2D eigenvalue weighted by atomic mass is 10.1. The van der Waals surface area contributed by atoms with Gasteiger partial charge in [0, 0.05) is 17.7 Å². The molecule has 8 nitrogen and oxygen atoms in total. The molecule has 1 heterocycles. The summed E-state index contributed by atoms with van der Waals surface area (Å²) in [6.07, 6.45) is 2.86. The number of benzene rings is 1. The van der Waals surface area contributed by atoms with Crippen molar-refractivity contribution in [1.29, 1.82) is 0 Å². The highest BCUT2D eigenvalue weighted by atomic mass is 35.5. The highest BCUT2D eigenvalue weighted by molar-refractivity contribution is 5.95. The van der Waals surface area contributed by atoms with Crippen molar-refractivity contribution >= 4 is 17.2 Å². The van der Waals surface area contributed by atoms with Crippen LogP contribution in [-0.2, 0) is 6.54 Å². The largest absolute Gasteiger partial charge is 1.00 e. The van der Waals surface area contributed by atoms with E-state index in [0.29, 0.717) is 5.56 Å². The summed E-state index contributed by atoms with van der Waals surface area (Å²) in [5.74, 6) is -0.247. The molecule has 0 aliphatic heterocycles. The van der Waals surface area contributed by atoms with Crippen molar-refractivity contribution in [2.75, 3.05) is 0 Å². The highest BCUT2D eigenvalue weighted by Crippen LogP contribution is 2.12. The van der Waals surface area contributed by atoms with Crippen molar-refractivity contribution in [3.8, 4) is 0 Å². The van der Waals surface area contributed by atoms with Gasteiger partial charge >= 0.3 is 0 Å². The minimum absolute atomic E-state index is 0. The van der Waals surface area contributed by atoms with E-state index in [1.165, 1.54) is 53.4 Å². The smallest absolute Gasteiger partial charge is 0.281 e. The predicted molar refractivity (Wildman–Crippen MR) is 70.7 cm³/mol. The number of nitro groups is 2. The highest BCUT2D eigenvalue weighted by Gasteiger charge is 2.15. The van der Waals surface area contributed by atoms with Crippen LogP contribution < -0.4 is 17.0 Å². The van der Waals surface area contributed by atoms with Crippen LogP contribution in [-0.4, -0.2) is 15.6 Å². The van der Waals surface area contributed by atoms with Gasteiger partial charge in [-0.05, 0) is 12.1 Å². The van der Waals surface area contributed by atoms with Gasteiger partial charge in [0.05, 0.1) is 22.0 Å². The number of non-ortho nitro benzene ring substituents is 1. The molecule has 0 atom stereocenters. The van der Waals surface area contributed by atoms with Gasteiger partial charge in [0.2, 0.25) is 12.3 Å². The van der Waals surface area contributed by atoms with E-state index in [1.54, 1.807) is 0 Å². The summed E-state index contributed by atoms with van der Waals surface area (Å²) in [7, 11) is 0. The SMILES string of the molecule is O=C(C[n+]1ccc([N+](=O)[O-])cc1)c1ccc([N+](=O)[O-])cc1.[Cl-]. The number of aromatic nitrogens is 1. The summed E-state index contributed by atoms with van der Waals surface area (Å²) < 4.78 is 1.50. The normalized spacial score (nSPS) is 9.64. The fourth-order valence-electron chi connectivity index (χ4n) is 1.70. The maximum absolute atomic E-state index is 12.0. The molecule has 0 saturated heterocycles. The Balaban J connectivity index is 0.00000242. The van der Waals surface area contributed by atoms with Crippen molar-refractivity contribution in [2.45, 2.75) is 6.54 Å². The fraction of sp³-hybridized carbons (Fsp3) is 0.0769. The van der Waals surface area contributed by atoms with Crippen LogP contribution in [0.15, 0.2) is 48.8 Å². The minimum Gasteiger partial charge on any atom is -1.00 e. The van der Waals surface area contributed by atoms with Crippen LogP contribution >= 0.6 is 0 Å². The second-order valence-electron chi connectivity index (χ2n) is 4.21. The maximum Gasteiger partial charge on any atom is 0.281 e. The molecular formula is C13H10ClN3O5. The zero-order valence-electron chi connectivity index (χ0n) is 11.1. The molecule has 2 aromatic rings. The third-order valence-corrected chi connectivity index (χ3v) is 2.81. The number of halogens is 1. The number of pyridine rings is 1. The van der Waals surface area contributed by atoms with Gasteiger partial charge in [-0.1, -0.05) is 0 Å². The van der Waals surface area contributed by atoms with Gasteiger partial charge in [0.15, 0.2) is 12.4 Å². The lowest BCUT2D eigenvalue weighted by molar-refractivity contribution is -0.683. The number of hydrogen-bond donors (Lipinski definition) is 0. The predicted octanol–water partition coefficient (Wildman–Crippen LogP) is -1.32. The summed E-state index contributed by atoms with van der Waals surface area (Å²) in [6.45, 7) is -0.00416. The number of carbonyl (C=O) groups is 1. The minimum atomic E-state index is -0.542. The lowest BCUT2D eigenvalue weighted by Crippen LogP contribution is -3.00. The molecule has 0 aliphatic rings. The molecule has 1 aromatic heterocycles. The summed E-state index contributed by atoms with van der Waals surface area (Å²) >= 11 is 0. The second-order valence-corrected chi connectivity index (χ2v) is 4.21. The molecule has 0 spiro atoms. The molecule has 0 fully saturated rings. The molecule has 0 N–H and O–H groups in total. The van der Waals surface area contributed by atoms with Crippen LogP contribution in [0.1, 0.15) is 10.4 Å². The van der Waals surface area contributed by atoms with Crippen LogP contribution in [0.25, 0.3) is 0 Å². The molecule has 9 heteroatoms. The van der Waals surface area contributed by atoms with Crippen molar-refractivity contribution in [2.24, 2.45) is 0 Å². The van der Waals surface area contributed by atoms with E-state index < -0.39 is 9.85 Å². The van der Waals surface area contributed by atoms with Crippen molar-refractivity contribution in [3.63, 3.8) is 0 Å². The van der Waals surface area contributed by atoms with Crippen LogP contribution in [0.2, 0.25) is 0 Å². The van der Waals surface area contributed by atoms with Crippen molar-refractivity contribution in [3.05, 3.63) is 74.6 Å². The molecule has 2 rings (SSSR count). The van der Waals surface area contributed by atoms with E-state index in [9.17, 15) is 25.0 Å². The number of Topliss-reactive ketones (excluding diaryl/α,β-unsaturated/α-hetero) is 1. The number of rotatable bonds is 5. The first-order chi connectivity index (χ1) is 9.97. The van der Waals surface area contributed by atoms with Gasteiger partial charge in [0.1, 0.15) is 0 Å². The third-order valence-electron chi connectivity index (χ3n) is 2.81. The van der Waals surface area contributed by atoms with Crippen LogP contribution in [0.4, 0.5) is 11.4 Å². The number of carbonyl (C=O) groups excluding carboxylic acids is 1. The molecule has 114 valence electrons. The first kappa shape index (κ1) is 17.2. The van der Waals surface area contributed by atoms with E-state index in [-0.39, 0.29) is 36.1 Å². The summed E-state index contributed by atoms with van der Waals surface area (Å²) in [5.41, 5.74) is 0.190. The molecule has 1 aromatic carbocycles. The molecule has 0 unspecified atom stereocenters. The van der Waals surface area contributed by atoms with E-state index >= 15 is 0 Å². The molecule has 0 amide bonds. The van der Waals surface area contributed by atoms with Gasteiger partial charge in [0.25, 0.3) is 11.4 Å². The van der Waals surface area contributed by atoms with Crippen LogP contribution in [0, 0.1) is 20.2 Å². The van der Waals surface area contributed by atoms with Crippen LogP contribution in [0.5, 0.6) is 0 Å². The summed E-state index contributed by atoms with van der Waals surface area (Å²) in [4.78, 5) is 32.0. The summed E-state index contributed by atoms with van der Waals surface area (Å²) in [5, 5.41) is 21.0. The second kappa shape index (κ2) is 7.23. The average molecular weight is 324 g/mol. The number of ketones is 1. The van der Waals surface area contributed by atoms with Gasteiger partial charge in [-0.15, -0.1) is 0 Å². The Hall–Kier alpha value is -2.87. The quantitative estimate of drug-likeness (QED) is 0.293. The van der Waals surface area contributed by atoms with Gasteiger partial charge in [-0.3, -0.25) is 25.0 Å². The lowest BCUT2D eigenvalue weighted by Gasteiger charge is -1.98. The Labute approximate surface area is 130 Å². The molecule has 22 heavy (non-hydrogen) atoms. The Morgan fingerprint density at radius 1 is 0.909 bits per heavy atom. The zero-order chi connectivity index (χ0) is 15.4. The van der Waals surface area contributed by atoms with Crippen molar-refractivity contribution < 1.29 is 31.6 Å². The Bertz CT molecular complexity index is 701. The van der Waals surface area contributed by atoms with E-state index in [0.717, 1.165) is 0 Å². The van der Waals surface area contributed by atoms with Gasteiger partial charge in [-0.25, -0.2) is 0 Å². The standard InChI is InChI=1S/C13H10N3O5.ClH/c17-13(10-1-3-11(4-2-10)15(18)19)9-14-7-5-12(6-8-14)16(20)21;/h1-8H,9H2;1H/q+1;/p-1. The Morgan fingerprint density at radius 2 is 1.36 bits per heavy atom. The van der Waals surface area contributed by atoms with E-state index in [4.69, 9.17) is 0 Å². The number of hydrogen-bond acceptors (Lipinski definition) is 5. The molecular weight excluding hydrogens is 314 g/mol. The zero-order valence-corrected chi connectivity index (χ0v) is 11.8. The molecule has 0 radical (unpaired) electrons. The topological polar surface area (TPSA) is 107 Å². The first-order valence-corrected chi connectivity index (χ1v) is 5.88. The Morgan fingerprint density at radius 3 is 1.82 bits per heavy atom. The average Bonchev–Trinajstić information content (AvgIpc) is 2.47. The maximum atomic E-state index is 12.0. The van der Waals surface area contributed by atoms with Gasteiger partial charge < -0.3 is 12.4 Å². The molecule has 0 aliphatic carbocycles. The van der Waals surface area contributed by atoms with Gasteiger partial charge in [-0.2, -0.15) is 4.57 Å². The fourth-order valence-corrected chi connectivity index (χ4v) is 1.70. The summed E-state index contributed by atoms with van der Waals surface area (Å²) in [6, 6.07) is 7.87. The first-order valence-electron chi connectivity index (χ1n) is 5.88. The Kier molecular flexibility index (Phi) is 5.65. The molecule has 0 saturated carbocycles. The van der Waals surface area contributed by atoms with Crippen molar-refractivity contribution in [1.82, 2.24) is 0 Å². The van der Waals surface area contributed by atoms with Crippen LogP contribution in [0.3, 0.4) is 0 Å². The third kappa shape index (κ3) is 4.06. The number of nitro benzene ring substituents is 1. The monoisotopic (exact) mass is 323 g/mol. The molecule has 0 bridgehead atoms. The van der Waals surface area contributed by atoms with E-state index in [2.05, 4.69) is 0 Å².